The fourth-order valence-electron chi connectivity index (χ4n) is 2.68. The summed E-state index contributed by atoms with van der Waals surface area (Å²) in [5.74, 6) is -0.0777. The van der Waals surface area contributed by atoms with Gasteiger partial charge in [-0.3, -0.25) is 4.79 Å². The number of aliphatic carboxylic acids is 1. The molecule has 0 heterocycles. The molecule has 1 aliphatic carbocycles. The van der Waals surface area contributed by atoms with E-state index in [9.17, 15) is 14.7 Å². The maximum Gasteiger partial charge on any atom is 0.326 e. The molecule has 4 nitrogen and oxygen atoms in total. The summed E-state index contributed by atoms with van der Waals surface area (Å²) in [5, 5.41) is 9.34. The van der Waals surface area contributed by atoms with Gasteiger partial charge in [-0.15, -0.1) is 0 Å². The lowest BCUT2D eigenvalue weighted by atomic mass is 9.78. The zero-order valence-corrected chi connectivity index (χ0v) is 10.9. The van der Waals surface area contributed by atoms with Gasteiger partial charge in [-0.2, -0.15) is 0 Å². The Morgan fingerprint density at radius 1 is 1.29 bits per heavy atom. The Morgan fingerprint density at radius 3 is 2.18 bits per heavy atom. The molecule has 1 N–H and O–H groups in total. The highest BCUT2D eigenvalue weighted by atomic mass is 16.4. The maximum absolute atomic E-state index is 11.4. The number of carboxylic acids is 1. The number of carbonyl (C=O) groups is 2. The smallest absolute Gasteiger partial charge is 0.326 e. The van der Waals surface area contributed by atoms with Gasteiger partial charge in [-0.05, 0) is 38.5 Å². The van der Waals surface area contributed by atoms with Crippen molar-refractivity contribution in [1.29, 1.82) is 0 Å². The van der Waals surface area contributed by atoms with Crippen LogP contribution in [-0.4, -0.2) is 34.5 Å². The fourth-order valence-corrected chi connectivity index (χ4v) is 2.68. The molecule has 0 aromatic heterocycles. The van der Waals surface area contributed by atoms with Crippen LogP contribution in [0, 0.1) is 11.8 Å². The van der Waals surface area contributed by atoms with Crippen molar-refractivity contribution in [2.24, 2.45) is 11.8 Å². The predicted octanol–water partition coefficient (Wildman–Crippen LogP) is 2.13. The van der Waals surface area contributed by atoms with Crippen LogP contribution in [0.5, 0.6) is 0 Å². The average molecular weight is 241 g/mol. The van der Waals surface area contributed by atoms with Crippen LogP contribution in [0.3, 0.4) is 0 Å². The first-order chi connectivity index (χ1) is 7.97. The first kappa shape index (κ1) is 14.0. The van der Waals surface area contributed by atoms with Crippen molar-refractivity contribution in [1.82, 2.24) is 4.90 Å². The zero-order valence-electron chi connectivity index (χ0n) is 10.9. The highest BCUT2D eigenvalue weighted by Gasteiger charge is 2.36. The van der Waals surface area contributed by atoms with Gasteiger partial charge in [0, 0.05) is 6.04 Å². The number of nitrogens with zero attached hydrogens (tertiary/aromatic N) is 1. The normalized spacial score (nSPS) is 26.6. The van der Waals surface area contributed by atoms with Crippen molar-refractivity contribution in [3.63, 3.8) is 0 Å². The highest BCUT2D eigenvalue weighted by Crippen LogP contribution is 2.32. The number of rotatable bonds is 5. The molecule has 1 unspecified atom stereocenters. The molecule has 98 valence electrons. The second kappa shape index (κ2) is 6.03. The van der Waals surface area contributed by atoms with Gasteiger partial charge < -0.3 is 10.0 Å². The molecule has 1 fully saturated rings. The van der Waals surface area contributed by atoms with Crippen LogP contribution < -0.4 is 0 Å². The Balaban J connectivity index is 2.78. The Hall–Kier alpha value is -1.06. The van der Waals surface area contributed by atoms with Crippen LogP contribution in [0.15, 0.2) is 0 Å². The van der Waals surface area contributed by atoms with Crippen LogP contribution in [0.25, 0.3) is 0 Å². The molecule has 17 heavy (non-hydrogen) atoms. The first-order valence-corrected chi connectivity index (χ1v) is 6.43. The van der Waals surface area contributed by atoms with Crippen molar-refractivity contribution >= 4 is 12.4 Å². The molecule has 1 aliphatic rings. The molecule has 0 aromatic carbocycles. The molecule has 0 bridgehead atoms. The summed E-state index contributed by atoms with van der Waals surface area (Å²) in [4.78, 5) is 23.9. The van der Waals surface area contributed by atoms with Crippen LogP contribution in [0.1, 0.15) is 46.5 Å². The van der Waals surface area contributed by atoms with Gasteiger partial charge in [0.15, 0.2) is 0 Å². The molecule has 0 aromatic rings. The van der Waals surface area contributed by atoms with Crippen molar-refractivity contribution in [3.8, 4) is 0 Å². The van der Waals surface area contributed by atoms with E-state index in [2.05, 4.69) is 6.92 Å². The highest BCUT2D eigenvalue weighted by molar-refractivity contribution is 5.76. The number of carbonyl (C=O) groups excluding carboxylic acids is 1. The predicted molar refractivity (Wildman–Crippen MR) is 65.6 cm³/mol. The van der Waals surface area contributed by atoms with Gasteiger partial charge in [0.05, 0.1) is 0 Å². The Kier molecular flexibility index (Phi) is 4.97. The topological polar surface area (TPSA) is 57.6 Å². The SMILES string of the molecule is CC1CCC(C(C(=O)O)N(C=O)C(C)C)CC1. The maximum atomic E-state index is 11.4. The minimum atomic E-state index is -0.870. The molecule has 0 spiro atoms. The molecule has 1 amide bonds. The number of amides is 1. The summed E-state index contributed by atoms with van der Waals surface area (Å²) < 4.78 is 0. The largest absolute Gasteiger partial charge is 0.480 e. The van der Waals surface area contributed by atoms with E-state index in [1.54, 1.807) is 0 Å². The fraction of sp³-hybridized carbons (Fsp3) is 0.846. The Morgan fingerprint density at radius 2 is 1.82 bits per heavy atom. The standard InChI is InChI=1S/C13H23NO3/c1-9(2)14(8-15)12(13(16)17)11-6-4-10(3)5-7-11/h8-12H,4-7H2,1-3H3,(H,16,17). The minimum Gasteiger partial charge on any atom is -0.480 e. The molecular weight excluding hydrogens is 218 g/mol. The van der Waals surface area contributed by atoms with Crippen LogP contribution in [-0.2, 0) is 9.59 Å². The molecule has 0 saturated heterocycles. The lowest BCUT2D eigenvalue weighted by Crippen LogP contribution is -2.49. The van der Waals surface area contributed by atoms with Crippen LogP contribution in [0.2, 0.25) is 0 Å². The van der Waals surface area contributed by atoms with E-state index < -0.39 is 12.0 Å². The van der Waals surface area contributed by atoms with Gasteiger partial charge in [0.2, 0.25) is 6.41 Å². The summed E-state index contributed by atoms with van der Waals surface area (Å²) in [6.07, 6.45) is 4.64. The summed E-state index contributed by atoms with van der Waals surface area (Å²) in [5.41, 5.74) is 0. The summed E-state index contributed by atoms with van der Waals surface area (Å²) in [6, 6.07) is -0.715. The van der Waals surface area contributed by atoms with E-state index in [4.69, 9.17) is 0 Å². The zero-order chi connectivity index (χ0) is 13.0. The third kappa shape index (κ3) is 3.45. The first-order valence-electron chi connectivity index (χ1n) is 6.43. The molecule has 0 aliphatic heterocycles. The lowest BCUT2D eigenvalue weighted by molar-refractivity contribution is -0.151. The van der Waals surface area contributed by atoms with Gasteiger partial charge in [-0.25, -0.2) is 4.79 Å². The van der Waals surface area contributed by atoms with Crippen molar-refractivity contribution in [2.75, 3.05) is 0 Å². The molecular formula is C13H23NO3. The van der Waals surface area contributed by atoms with Crippen molar-refractivity contribution < 1.29 is 14.7 Å². The third-order valence-electron chi connectivity index (χ3n) is 3.80. The Labute approximate surface area is 103 Å². The third-order valence-corrected chi connectivity index (χ3v) is 3.80. The van der Waals surface area contributed by atoms with Gasteiger partial charge in [-0.1, -0.05) is 19.8 Å². The van der Waals surface area contributed by atoms with Gasteiger partial charge in [0.25, 0.3) is 0 Å². The quantitative estimate of drug-likeness (QED) is 0.750. The summed E-state index contributed by atoms with van der Waals surface area (Å²) in [7, 11) is 0. The van der Waals surface area contributed by atoms with Crippen LogP contribution >= 0.6 is 0 Å². The van der Waals surface area contributed by atoms with E-state index in [-0.39, 0.29) is 12.0 Å². The van der Waals surface area contributed by atoms with Crippen LogP contribution in [0.4, 0.5) is 0 Å². The monoisotopic (exact) mass is 241 g/mol. The van der Waals surface area contributed by atoms with E-state index >= 15 is 0 Å². The summed E-state index contributed by atoms with van der Waals surface area (Å²) >= 11 is 0. The molecule has 4 heteroatoms. The van der Waals surface area contributed by atoms with E-state index in [1.807, 2.05) is 13.8 Å². The van der Waals surface area contributed by atoms with Gasteiger partial charge >= 0.3 is 5.97 Å². The lowest BCUT2D eigenvalue weighted by Gasteiger charge is -2.37. The van der Waals surface area contributed by atoms with Crippen molar-refractivity contribution in [2.45, 2.75) is 58.5 Å². The number of hydrogen-bond donors (Lipinski definition) is 1. The van der Waals surface area contributed by atoms with E-state index in [1.165, 1.54) is 4.90 Å². The molecule has 1 saturated carbocycles. The van der Waals surface area contributed by atoms with E-state index in [0.29, 0.717) is 12.3 Å². The molecule has 1 rings (SSSR count). The molecule has 0 radical (unpaired) electrons. The molecule has 1 atom stereocenters. The van der Waals surface area contributed by atoms with E-state index in [0.717, 1.165) is 25.7 Å². The second-order valence-corrected chi connectivity index (χ2v) is 5.45. The average Bonchev–Trinajstić information content (AvgIpc) is 2.26. The van der Waals surface area contributed by atoms with Crippen molar-refractivity contribution in [3.05, 3.63) is 0 Å². The number of carboxylic acid groups (broad SMARTS) is 1. The Bertz CT molecular complexity index is 270. The number of hydrogen-bond acceptors (Lipinski definition) is 2. The minimum absolute atomic E-state index is 0.0621. The summed E-state index contributed by atoms with van der Waals surface area (Å²) in [6.45, 7) is 5.91. The van der Waals surface area contributed by atoms with Gasteiger partial charge in [0.1, 0.15) is 6.04 Å². The second-order valence-electron chi connectivity index (χ2n) is 5.45.